The van der Waals surface area contributed by atoms with Crippen molar-refractivity contribution in [1.82, 2.24) is 9.80 Å². The number of benzene rings is 3. The van der Waals surface area contributed by atoms with Gasteiger partial charge in [-0.3, -0.25) is 9.69 Å². The van der Waals surface area contributed by atoms with E-state index in [9.17, 15) is 4.79 Å². The molecule has 0 aliphatic carbocycles. The summed E-state index contributed by atoms with van der Waals surface area (Å²) >= 11 is 6.19. The van der Waals surface area contributed by atoms with Gasteiger partial charge in [0.15, 0.2) is 0 Å². The van der Waals surface area contributed by atoms with E-state index in [0.717, 1.165) is 25.2 Å². The molecule has 0 bridgehead atoms. The Labute approximate surface area is 194 Å². The number of nitrogens with zero attached hydrogens (tertiary/aromatic N) is 2. The molecule has 0 spiro atoms. The SMILES string of the molecule is COc1ccc(C(=O)N2CCN(Cc3ccccc3)CC2)cc1COc1ccccc1Cl. The highest BCUT2D eigenvalue weighted by Crippen LogP contribution is 2.27. The van der Waals surface area contributed by atoms with Crippen LogP contribution in [0.25, 0.3) is 0 Å². The highest BCUT2D eigenvalue weighted by molar-refractivity contribution is 6.32. The lowest BCUT2D eigenvalue weighted by Crippen LogP contribution is -2.48. The number of rotatable bonds is 7. The molecule has 0 saturated carbocycles. The molecule has 1 saturated heterocycles. The average molecular weight is 451 g/mol. The quantitative estimate of drug-likeness (QED) is 0.514. The van der Waals surface area contributed by atoms with E-state index in [1.165, 1.54) is 5.56 Å². The van der Waals surface area contributed by atoms with Crippen LogP contribution in [0.4, 0.5) is 0 Å². The molecule has 4 rings (SSSR count). The van der Waals surface area contributed by atoms with Gasteiger partial charge in [-0.2, -0.15) is 0 Å². The highest BCUT2D eigenvalue weighted by Gasteiger charge is 2.23. The van der Waals surface area contributed by atoms with Crippen molar-refractivity contribution in [1.29, 1.82) is 0 Å². The molecule has 1 fully saturated rings. The minimum Gasteiger partial charge on any atom is -0.496 e. The second kappa shape index (κ2) is 10.5. The fourth-order valence-corrected chi connectivity index (χ4v) is 4.07. The van der Waals surface area contributed by atoms with Crippen molar-refractivity contribution in [2.75, 3.05) is 33.3 Å². The van der Waals surface area contributed by atoms with E-state index in [1.807, 2.05) is 47.4 Å². The molecule has 166 valence electrons. The van der Waals surface area contributed by atoms with Crippen LogP contribution in [-0.2, 0) is 13.2 Å². The fourth-order valence-electron chi connectivity index (χ4n) is 3.87. The first-order valence-corrected chi connectivity index (χ1v) is 11.1. The number of ether oxygens (including phenoxy) is 2. The van der Waals surface area contributed by atoms with Crippen molar-refractivity contribution in [2.24, 2.45) is 0 Å². The predicted octanol–water partition coefficient (Wildman–Crippen LogP) is 4.89. The summed E-state index contributed by atoms with van der Waals surface area (Å²) in [4.78, 5) is 17.5. The molecule has 5 nitrogen and oxygen atoms in total. The zero-order valence-corrected chi connectivity index (χ0v) is 18.9. The molecule has 1 aliphatic rings. The van der Waals surface area contributed by atoms with E-state index in [2.05, 4.69) is 29.2 Å². The second-order valence-electron chi connectivity index (χ2n) is 7.80. The third-order valence-electron chi connectivity index (χ3n) is 5.66. The summed E-state index contributed by atoms with van der Waals surface area (Å²) in [6, 6.07) is 23.3. The molecule has 0 atom stereocenters. The number of hydrogen-bond donors (Lipinski definition) is 0. The van der Waals surface area contributed by atoms with E-state index in [4.69, 9.17) is 21.1 Å². The molecular formula is C26H27ClN2O3. The Hall–Kier alpha value is -3.02. The molecule has 1 heterocycles. The van der Waals surface area contributed by atoms with Crippen LogP contribution in [0.2, 0.25) is 5.02 Å². The lowest BCUT2D eigenvalue weighted by Gasteiger charge is -2.35. The van der Waals surface area contributed by atoms with Crippen LogP contribution < -0.4 is 9.47 Å². The third-order valence-corrected chi connectivity index (χ3v) is 5.97. The predicted molar refractivity (Wildman–Crippen MR) is 126 cm³/mol. The van der Waals surface area contributed by atoms with Crippen LogP contribution in [0.5, 0.6) is 11.5 Å². The summed E-state index contributed by atoms with van der Waals surface area (Å²) in [5.41, 5.74) is 2.74. The van der Waals surface area contributed by atoms with Gasteiger partial charge in [-0.05, 0) is 35.9 Å². The van der Waals surface area contributed by atoms with Gasteiger partial charge in [0.1, 0.15) is 18.1 Å². The van der Waals surface area contributed by atoms with Gasteiger partial charge in [-0.15, -0.1) is 0 Å². The fraction of sp³-hybridized carbons (Fsp3) is 0.269. The summed E-state index contributed by atoms with van der Waals surface area (Å²) in [6.07, 6.45) is 0. The van der Waals surface area contributed by atoms with Gasteiger partial charge in [-0.25, -0.2) is 0 Å². The largest absolute Gasteiger partial charge is 0.496 e. The molecule has 1 amide bonds. The van der Waals surface area contributed by atoms with Gasteiger partial charge in [0, 0.05) is 43.9 Å². The Bertz CT molecular complexity index is 1050. The van der Waals surface area contributed by atoms with Crippen LogP contribution in [-0.4, -0.2) is 49.0 Å². The molecule has 1 aliphatic heterocycles. The summed E-state index contributed by atoms with van der Waals surface area (Å²) < 4.78 is 11.3. The normalized spacial score (nSPS) is 14.2. The van der Waals surface area contributed by atoms with Crippen molar-refractivity contribution in [3.05, 3.63) is 94.5 Å². The summed E-state index contributed by atoms with van der Waals surface area (Å²) in [7, 11) is 1.61. The van der Waals surface area contributed by atoms with Gasteiger partial charge in [0.25, 0.3) is 5.91 Å². The first-order valence-electron chi connectivity index (χ1n) is 10.7. The van der Waals surface area contributed by atoms with E-state index in [0.29, 0.717) is 35.2 Å². The molecule has 0 unspecified atom stereocenters. The Kier molecular flexibility index (Phi) is 7.30. The lowest BCUT2D eigenvalue weighted by atomic mass is 10.1. The van der Waals surface area contributed by atoms with Crippen LogP contribution in [0, 0.1) is 0 Å². The second-order valence-corrected chi connectivity index (χ2v) is 8.21. The number of halogens is 1. The van der Waals surface area contributed by atoms with Crippen LogP contribution >= 0.6 is 11.6 Å². The van der Waals surface area contributed by atoms with Gasteiger partial charge < -0.3 is 14.4 Å². The van der Waals surface area contributed by atoms with Crippen molar-refractivity contribution < 1.29 is 14.3 Å². The minimum absolute atomic E-state index is 0.0333. The molecule has 32 heavy (non-hydrogen) atoms. The zero-order chi connectivity index (χ0) is 22.3. The molecule has 0 N–H and O–H groups in total. The summed E-state index contributed by atoms with van der Waals surface area (Å²) in [6.45, 7) is 4.32. The molecule has 3 aromatic rings. The van der Waals surface area contributed by atoms with Crippen molar-refractivity contribution in [2.45, 2.75) is 13.2 Å². The van der Waals surface area contributed by atoms with Crippen molar-refractivity contribution in [3.8, 4) is 11.5 Å². The average Bonchev–Trinajstić information content (AvgIpc) is 2.84. The molecule has 0 aromatic heterocycles. The number of para-hydroxylation sites is 1. The van der Waals surface area contributed by atoms with E-state index < -0.39 is 0 Å². The van der Waals surface area contributed by atoms with Gasteiger partial charge in [-0.1, -0.05) is 54.1 Å². The lowest BCUT2D eigenvalue weighted by molar-refractivity contribution is 0.0628. The first-order chi connectivity index (χ1) is 15.6. The maximum Gasteiger partial charge on any atom is 0.253 e. The van der Waals surface area contributed by atoms with E-state index >= 15 is 0 Å². The van der Waals surface area contributed by atoms with Crippen LogP contribution in [0.1, 0.15) is 21.5 Å². The maximum absolute atomic E-state index is 13.1. The molecule has 6 heteroatoms. The Balaban J connectivity index is 1.39. The third kappa shape index (κ3) is 5.42. The Morgan fingerprint density at radius 3 is 2.34 bits per heavy atom. The number of hydrogen-bond acceptors (Lipinski definition) is 4. The minimum atomic E-state index is 0.0333. The number of carbonyl (C=O) groups excluding carboxylic acids is 1. The standard InChI is InChI=1S/C26H27ClN2O3/c1-31-24-12-11-21(17-22(24)19-32-25-10-6-5-9-23(25)27)26(30)29-15-13-28(14-16-29)18-20-7-3-2-4-8-20/h2-12,17H,13-16,18-19H2,1H3. The maximum atomic E-state index is 13.1. The number of amides is 1. The first kappa shape index (κ1) is 22.2. The van der Waals surface area contributed by atoms with Crippen LogP contribution in [0.15, 0.2) is 72.8 Å². The van der Waals surface area contributed by atoms with Gasteiger partial charge in [0.2, 0.25) is 0 Å². The number of piperazine rings is 1. The Morgan fingerprint density at radius 2 is 1.62 bits per heavy atom. The number of carbonyl (C=O) groups is 1. The topological polar surface area (TPSA) is 42.0 Å². The Morgan fingerprint density at radius 1 is 0.906 bits per heavy atom. The highest BCUT2D eigenvalue weighted by atomic mass is 35.5. The van der Waals surface area contributed by atoms with Crippen molar-refractivity contribution >= 4 is 17.5 Å². The van der Waals surface area contributed by atoms with E-state index in [-0.39, 0.29) is 12.5 Å². The van der Waals surface area contributed by atoms with Gasteiger partial charge >= 0.3 is 0 Å². The summed E-state index contributed by atoms with van der Waals surface area (Å²) in [5, 5.41) is 0.548. The molecule has 3 aromatic carbocycles. The van der Waals surface area contributed by atoms with Gasteiger partial charge in [0.05, 0.1) is 12.1 Å². The van der Waals surface area contributed by atoms with Crippen LogP contribution in [0.3, 0.4) is 0 Å². The summed E-state index contributed by atoms with van der Waals surface area (Å²) in [5.74, 6) is 1.31. The smallest absolute Gasteiger partial charge is 0.253 e. The zero-order valence-electron chi connectivity index (χ0n) is 18.2. The monoisotopic (exact) mass is 450 g/mol. The molecule has 0 radical (unpaired) electrons. The van der Waals surface area contributed by atoms with Crippen molar-refractivity contribution in [3.63, 3.8) is 0 Å². The van der Waals surface area contributed by atoms with E-state index in [1.54, 1.807) is 13.2 Å². The molecular weight excluding hydrogens is 424 g/mol. The number of methoxy groups -OCH3 is 1.